The number of benzene rings is 1. The average molecular weight is 343 g/mol. The van der Waals surface area contributed by atoms with Crippen LogP contribution in [0.3, 0.4) is 0 Å². The molecule has 6 heteroatoms. The van der Waals surface area contributed by atoms with Gasteiger partial charge in [0.1, 0.15) is 0 Å². The number of nitrogens with two attached hydrogens (primary N) is 1. The normalized spacial score (nSPS) is 17.0. The molecule has 1 unspecified atom stereocenters. The van der Waals surface area contributed by atoms with Crippen LogP contribution < -0.4 is 11.1 Å². The van der Waals surface area contributed by atoms with E-state index in [2.05, 4.69) is 10.3 Å². The number of hydrogen-bond acceptors (Lipinski definition) is 5. The van der Waals surface area contributed by atoms with Crippen LogP contribution in [0.5, 0.6) is 0 Å². The Bertz CT molecular complexity index is 693. The highest BCUT2D eigenvalue weighted by molar-refractivity contribution is 7.14. The van der Waals surface area contributed by atoms with Gasteiger partial charge in [-0.3, -0.25) is 4.79 Å². The van der Waals surface area contributed by atoms with Gasteiger partial charge in [-0.1, -0.05) is 36.4 Å². The minimum Gasteiger partial charge on any atom is -0.381 e. The molecule has 0 saturated carbocycles. The van der Waals surface area contributed by atoms with Gasteiger partial charge in [0.05, 0.1) is 11.7 Å². The molecule has 5 nitrogen and oxygen atoms in total. The molecule has 1 fully saturated rings. The van der Waals surface area contributed by atoms with E-state index in [-0.39, 0.29) is 11.8 Å². The Hall–Kier alpha value is -2.02. The fourth-order valence-corrected chi connectivity index (χ4v) is 3.32. The van der Waals surface area contributed by atoms with Crippen LogP contribution in [-0.2, 0) is 9.53 Å². The number of anilines is 1. The van der Waals surface area contributed by atoms with Gasteiger partial charge in [0, 0.05) is 18.6 Å². The molecule has 1 amide bonds. The van der Waals surface area contributed by atoms with E-state index < -0.39 is 6.04 Å². The van der Waals surface area contributed by atoms with E-state index in [0.29, 0.717) is 18.3 Å². The Morgan fingerprint density at radius 1 is 1.29 bits per heavy atom. The molecule has 2 aromatic rings. The molecule has 3 rings (SSSR count). The maximum absolute atomic E-state index is 12.3. The molecule has 24 heavy (non-hydrogen) atoms. The van der Waals surface area contributed by atoms with Crippen molar-refractivity contribution in [1.29, 1.82) is 0 Å². The third kappa shape index (κ3) is 4.50. The van der Waals surface area contributed by atoms with Gasteiger partial charge >= 0.3 is 0 Å². The summed E-state index contributed by atoms with van der Waals surface area (Å²) in [6.07, 6.45) is 5.59. The maximum Gasteiger partial charge on any atom is 0.243 e. The van der Waals surface area contributed by atoms with Crippen molar-refractivity contribution >= 4 is 34.5 Å². The molecule has 0 radical (unpaired) electrons. The van der Waals surface area contributed by atoms with Gasteiger partial charge in [0.2, 0.25) is 5.91 Å². The van der Waals surface area contributed by atoms with Crippen LogP contribution in [0.1, 0.15) is 24.1 Å². The SMILES string of the molecule is NC(C(=O)Nc1nc(/C=C/c2ccccc2)cs1)C1CCOCC1. The molecule has 3 N–H and O–H groups in total. The van der Waals surface area contributed by atoms with Crippen LogP contribution in [0.4, 0.5) is 5.13 Å². The molecular formula is C18H21N3O2S. The zero-order valence-electron chi connectivity index (χ0n) is 13.4. The number of hydrogen-bond donors (Lipinski definition) is 2. The number of rotatable bonds is 5. The van der Waals surface area contributed by atoms with Crippen molar-refractivity contribution in [3.8, 4) is 0 Å². The zero-order valence-corrected chi connectivity index (χ0v) is 14.2. The molecule has 1 atom stereocenters. The van der Waals surface area contributed by atoms with Crippen LogP contribution >= 0.6 is 11.3 Å². The topological polar surface area (TPSA) is 77.2 Å². The van der Waals surface area contributed by atoms with E-state index in [0.717, 1.165) is 24.1 Å². The summed E-state index contributed by atoms with van der Waals surface area (Å²) in [5, 5.41) is 5.32. The lowest BCUT2D eigenvalue weighted by Crippen LogP contribution is -2.43. The summed E-state index contributed by atoms with van der Waals surface area (Å²) in [4.78, 5) is 16.7. The van der Waals surface area contributed by atoms with Crippen molar-refractivity contribution in [2.45, 2.75) is 18.9 Å². The van der Waals surface area contributed by atoms with Crippen molar-refractivity contribution < 1.29 is 9.53 Å². The monoisotopic (exact) mass is 343 g/mol. The Morgan fingerprint density at radius 3 is 2.79 bits per heavy atom. The molecule has 1 aliphatic rings. The molecular weight excluding hydrogens is 322 g/mol. The molecule has 1 aliphatic heterocycles. The van der Waals surface area contributed by atoms with Crippen molar-refractivity contribution in [3.05, 3.63) is 47.0 Å². The van der Waals surface area contributed by atoms with Crippen molar-refractivity contribution in [2.75, 3.05) is 18.5 Å². The predicted octanol–water partition coefficient (Wildman–Crippen LogP) is 3.01. The third-order valence-corrected chi connectivity index (χ3v) is 4.85. The van der Waals surface area contributed by atoms with E-state index in [1.54, 1.807) is 0 Å². The van der Waals surface area contributed by atoms with E-state index in [1.807, 2.05) is 47.9 Å². The Balaban J connectivity index is 1.57. The van der Waals surface area contributed by atoms with Gasteiger partial charge in [0.15, 0.2) is 5.13 Å². The first-order valence-electron chi connectivity index (χ1n) is 8.05. The number of thiazole rings is 1. The Kier molecular flexibility index (Phi) is 5.74. The lowest BCUT2D eigenvalue weighted by Gasteiger charge is -2.26. The highest BCUT2D eigenvalue weighted by Gasteiger charge is 2.26. The summed E-state index contributed by atoms with van der Waals surface area (Å²) in [5.74, 6) is 0.00555. The summed E-state index contributed by atoms with van der Waals surface area (Å²) in [6.45, 7) is 1.36. The van der Waals surface area contributed by atoms with Gasteiger partial charge in [0.25, 0.3) is 0 Å². The Morgan fingerprint density at radius 2 is 2.04 bits per heavy atom. The van der Waals surface area contributed by atoms with Gasteiger partial charge in [-0.15, -0.1) is 11.3 Å². The standard InChI is InChI=1S/C18H21N3O2S/c19-16(14-8-10-23-11-9-14)17(22)21-18-20-15(12-24-18)7-6-13-4-2-1-3-5-13/h1-7,12,14,16H,8-11,19H2,(H,20,21,22)/b7-6+. The fraction of sp³-hybridized carbons (Fsp3) is 0.333. The first-order valence-corrected chi connectivity index (χ1v) is 8.93. The van der Waals surface area contributed by atoms with Crippen LogP contribution in [0.15, 0.2) is 35.7 Å². The van der Waals surface area contributed by atoms with Gasteiger partial charge in [-0.25, -0.2) is 4.98 Å². The molecule has 2 heterocycles. The Labute approximate surface area is 145 Å². The van der Waals surface area contributed by atoms with Crippen molar-refractivity contribution in [1.82, 2.24) is 4.98 Å². The highest BCUT2D eigenvalue weighted by Crippen LogP contribution is 2.21. The summed E-state index contributed by atoms with van der Waals surface area (Å²) < 4.78 is 5.31. The van der Waals surface area contributed by atoms with E-state index in [9.17, 15) is 4.79 Å². The average Bonchev–Trinajstić information content (AvgIpc) is 3.08. The van der Waals surface area contributed by atoms with Crippen LogP contribution in [0.2, 0.25) is 0 Å². The van der Waals surface area contributed by atoms with Crippen LogP contribution in [-0.4, -0.2) is 30.1 Å². The lowest BCUT2D eigenvalue weighted by molar-refractivity contribution is -0.119. The highest BCUT2D eigenvalue weighted by atomic mass is 32.1. The van der Waals surface area contributed by atoms with Gasteiger partial charge < -0.3 is 15.8 Å². The van der Waals surface area contributed by atoms with Crippen LogP contribution in [0, 0.1) is 5.92 Å². The minimum absolute atomic E-state index is 0.171. The number of nitrogens with one attached hydrogen (secondary N) is 1. The fourth-order valence-electron chi connectivity index (χ4n) is 2.64. The molecule has 0 spiro atoms. The van der Waals surface area contributed by atoms with Crippen molar-refractivity contribution in [2.24, 2.45) is 11.7 Å². The maximum atomic E-state index is 12.3. The number of aromatic nitrogens is 1. The minimum atomic E-state index is -0.513. The summed E-state index contributed by atoms with van der Waals surface area (Å²) in [7, 11) is 0. The predicted molar refractivity (Wildman–Crippen MR) is 97.6 cm³/mol. The smallest absolute Gasteiger partial charge is 0.243 e. The number of carbonyl (C=O) groups is 1. The third-order valence-electron chi connectivity index (χ3n) is 4.07. The van der Waals surface area contributed by atoms with E-state index in [1.165, 1.54) is 11.3 Å². The summed E-state index contributed by atoms with van der Waals surface area (Å²) in [6, 6.07) is 9.50. The van der Waals surface area contributed by atoms with Gasteiger partial charge in [-0.05, 0) is 30.4 Å². The molecule has 126 valence electrons. The second-order valence-electron chi connectivity index (χ2n) is 5.79. The van der Waals surface area contributed by atoms with Crippen molar-refractivity contribution in [3.63, 3.8) is 0 Å². The number of carbonyl (C=O) groups excluding carboxylic acids is 1. The molecule has 1 saturated heterocycles. The summed E-state index contributed by atoms with van der Waals surface area (Å²) in [5.41, 5.74) is 8.00. The quantitative estimate of drug-likeness (QED) is 0.875. The molecule has 1 aromatic heterocycles. The first-order chi connectivity index (χ1) is 11.7. The largest absolute Gasteiger partial charge is 0.381 e. The number of ether oxygens (including phenoxy) is 1. The second-order valence-corrected chi connectivity index (χ2v) is 6.64. The zero-order chi connectivity index (χ0) is 16.8. The van der Waals surface area contributed by atoms with E-state index in [4.69, 9.17) is 10.5 Å². The second kappa shape index (κ2) is 8.19. The summed E-state index contributed by atoms with van der Waals surface area (Å²) >= 11 is 1.40. The molecule has 0 aliphatic carbocycles. The first kappa shape index (κ1) is 16.8. The van der Waals surface area contributed by atoms with Gasteiger partial charge in [-0.2, -0.15) is 0 Å². The number of amides is 1. The number of nitrogens with zero attached hydrogens (tertiary/aromatic N) is 1. The molecule has 0 bridgehead atoms. The lowest BCUT2D eigenvalue weighted by atomic mass is 9.92. The van der Waals surface area contributed by atoms with E-state index >= 15 is 0 Å². The molecule has 1 aromatic carbocycles. The van der Waals surface area contributed by atoms with Crippen LogP contribution in [0.25, 0.3) is 12.2 Å².